The molecule has 0 spiro atoms. The van der Waals surface area contributed by atoms with Gasteiger partial charge in [-0.05, 0) is 0 Å². The quantitative estimate of drug-likeness (QED) is 0.688. The predicted molar refractivity (Wildman–Crippen MR) is 104 cm³/mol. The molecule has 1 amide bonds. The lowest BCUT2D eigenvalue weighted by Gasteiger charge is -2.39. The molecule has 0 saturated carbocycles. The van der Waals surface area contributed by atoms with Gasteiger partial charge in [-0.2, -0.15) is 0 Å². The molecule has 142 valence electrons. The number of nitrogens with zero attached hydrogens (tertiary/aromatic N) is 4. The Morgan fingerprint density at radius 1 is 1.14 bits per heavy atom. The van der Waals surface area contributed by atoms with Gasteiger partial charge in [-0.1, -0.05) is 30.3 Å². The van der Waals surface area contributed by atoms with E-state index in [4.69, 9.17) is 0 Å². The highest BCUT2D eigenvalue weighted by Crippen LogP contribution is 2.26. The number of nitrogens with one attached hydrogen (secondary N) is 2. The number of benzene rings is 1. The van der Waals surface area contributed by atoms with Gasteiger partial charge in [-0.25, -0.2) is 14.8 Å². The molecule has 0 aliphatic carbocycles. The third-order valence-corrected chi connectivity index (χ3v) is 4.71. The van der Waals surface area contributed by atoms with Gasteiger partial charge < -0.3 is 10.2 Å². The van der Waals surface area contributed by atoms with E-state index in [2.05, 4.69) is 20.3 Å². The summed E-state index contributed by atoms with van der Waals surface area (Å²) in [5.74, 6) is 0.422. The van der Waals surface area contributed by atoms with Crippen LogP contribution in [0, 0.1) is 5.92 Å². The summed E-state index contributed by atoms with van der Waals surface area (Å²) in [6, 6.07) is 12.9. The summed E-state index contributed by atoms with van der Waals surface area (Å²) in [6.07, 6.45) is 1.51. The highest BCUT2D eigenvalue weighted by atomic mass is 16.2. The molecule has 0 unspecified atom stereocenters. The smallest absolute Gasteiger partial charge is 0.329 e. The van der Waals surface area contributed by atoms with Crippen LogP contribution in [0.3, 0.4) is 0 Å². The van der Waals surface area contributed by atoms with Crippen LogP contribution in [-0.4, -0.2) is 38.5 Å². The molecule has 28 heavy (non-hydrogen) atoms. The summed E-state index contributed by atoms with van der Waals surface area (Å²) in [4.78, 5) is 48.2. The minimum absolute atomic E-state index is 0.172. The topological polar surface area (TPSA) is 113 Å². The largest absolute Gasteiger partial charge is 0.355 e. The summed E-state index contributed by atoms with van der Waals surface area (Å²) in [5, 5.41) is 2.65. The van der Waals surface area contributed by atoms with E-state index in [0.29, 0.717) is 13.1 Å². The molecule has 0 bridgehead atoms. The van der Waals surface area contributed by atoms with Crippen molar-refractivity contribution >= 4 is 17.5 Å². The molecular formula is C19H18N6O3. The number of aromatic amines is 1. The Labute approximate surface area is 159 Å². The second kappa shape index (κ2) is 7.10. The van der Waals surface area contributed by atoms with Crippen LogP contribution in [0.15, 0.2) is 58.4 Å². The van der Waals surface area contributed by atoms with Gasteiger partial charge in [0.15, 0.2) is 0 Å². The van der Waals surface area contributed by atoms with Gasteiger partial charge >= 0.3 is 5.69 Å². The summed E-state index contributed by atoms with van der Waals surface area (Å²) < 4.78 is 1.19. The van der Waals surface area contributed by atoms with Gasteiger partial charge in [0.05, 0.1) is 11.6 Å². The zero-order valence-corrected chi connectivity index (χ0v) is 15.1. The maximum atomic E-state index is 12.4. The van der Waals surface area contributed by atoms with Crippen molar-refractivity contribution in [3.63, 3.8) is 0 Å². The first-order chi connectivity index (χ1) is 13.5. The maximum Gasteiger partial charge on any atom is 0.329 e. The van der Waals surface area contributed by atoms with Crippen molar-refractivity contribution in [3.8, 4) is 11.3 Å². The Kier molecular flexibility index (Phi) is 4.48. The molecular weight excluding hydrogens is 360 g/mol. The number of carbonyl (C=O) groups is 1. The van der Waals surface area contributed by atoms with Crippen molar-refractivity contribution in [1.82, 2.24) is 19.5 Å². The summed E-state index contributed by atoms with van der Waals surface area (Å²) in [7, 11) is 1.48. The number of carbonyl (C=O) groups excluding carboxylic acids is 1. The van der Waals surface area contributed by atoms with Crippen LogP contribution in [-0.2, 0) is 11.8 Å². The van der Waals surface area contributed by atoms with E-state index in [1.807, 2.05) is 41.3 Å². The Bertz CT molecular complexity index is 1130. The van der Waals surface area contributed by atoms with Gasteiger partial charge in [0.1, 0.15) is 18.0 Å². The molecule has 1 aromatic carbocycles. The number of rotatable bonds is 4. The molecule has 1 fully saturated rings. The van der Waals surface area contributed by atoms with Gasteiger partial charge in [0.25, 0.3) is 5.56 Å². The summed E-state index contributed by atoms with van der Waals surface area (Å²) in [6.45, 7) is 0.989. The molecule has 1 aliphatic heterocycles. The van der Waals surface area contributed by atoms with E-state index in [9.17, 15) is 14.4 Å². The maximum absolute atomic E-state index is 12.4. The number of aromatic nitrogens is 4. The Balaban J connectivity index is 1.43. The number of hydrogen-bond donors (Lipinski definition) is 2. The highest BCUT2D eigenvalue weighted by molar-refractivity contribution is 5.93. The molecule has 4 rings (SSSR count). The van der Waals surface area contributed by atoms with E-state index in [-0.39, 0.29) is 17.6 Å². The molecule has 2 aromatic heterocycles. The van der Waals surface area contributed by atoms with E-state index >= 15 is 0 Å². The molecule has 3 heterocycles. The van der Waals surface area contributed by atoms with Crippen molar-refractivity contribution in [2.45, 2.75) is 0 Å². The Hall–Kier alpha value is -3.75. The van der Waals surface area contributed by atoms with E-state index in [1.54, 1.807) is 0 Å². The second-order valence-corrected chi connectivity index (χ2v) is 6.60. The van der Waals surface area contributed by atoms with Gasteiger partial charge in [0, 0.05) is 37.8 Å². The van der Waals surface area contributed by atoms with Crippen LogP contribution in [0.1, 0.15) is 0 Å². The average Bonchev–Trinajstić information content (AvgIpc) is 2.65. The fourth-order valence-corrected chi connectivity index (χ4v) is 3.02. The standard InChI is InChI=1S/C19H18N6O3/c1-24-16(8-17(26)23-19(24)28)22-18(27)13-9-25(10-13)15-7-14(20-11-21-15)12-5-3-2-4-6-12/h2-8,11,13H,9-10H2,1H3,(H,22,27)(H,23,26,28). The van der Waals surface area contributed by atoms with Crippen LogP contribution >= 0.6 is 0 Å². The fraction of sp³-hybridized carbons (Fsp3) is 0.211. The van der Waals surface area contributed by atoms with Crippen molar-refractivity contribution < 1.29 is 4.79 Å². The summed E-state index contributed by atoms with van der Waals surface area (Å²) >= 11 is 0. The second-order valence-electron chi connectivity index (χ2n) is 6.60. The number of H-pyrrole nitrogens is 1. The number of amides is 1. The van der Waals surface area contributed by atoms with Crippen LogP contribution in [0.5, 0.6) is 0 Å². The molecule has 9 nitrogen and oxygen atoms in total. The zero-order chi connectivity index (χ0) is 19.7. The van der Waals surface area contributed by atoms with Gasteiger partial charge in [0.2, 0.25) is 5.91 Å². The van der Waals surface area contributed by atoms with E-state index < -0.39 is 11.2 Å². The van der Waals surface area contributed by atoms with Crippen LogP contribution in [0.2, 0.25) is 0 Å². The van der Waals surface area contributed by atoms with Crippen LogP contribution < -0.4 is 21.5 Å². The average molecular weight is 378 g/mol. The van der Waals surface area contributed by atoms with Gasteiger partial charge in [-0.3, -0.25) is 19.1 Å². The molecule has 2 N–H and O–H groups in total. The lowest BCUT2D eigenvalue weighted by Crippen LogP contribution is -2.52. The van der Waals surface area contributed by atoms with Crippen LogP contribution in [0.4, 0.5) is 11.6 Å². The van der Waals surface area contributed by atoms with Crippen molar-refractivity contribution in [1.29, 1.82) is 0 Å². The molecule has 0 radical (unpaired) electrons. The molecule has 1 saturated heterocycles. The molecule has 3 aromatic rings. The third kappa shape index (κ3) is 3.41. The van der Waals surface area contributed by atoms with Crippen LogP contribution in [0.25, 0.3) is 11.3 Å². The molecule has 0 atom stereocenters. The number of anilines is 2. The molecule has 1 aliphatic rings. The van der Waals surface area contributed by atoms with Crippen molar-refractivity contribution in [2.24, 2.45) is 13.0 Å². The lowest BCUT2D eigenvalue weighted by atomic mass is 9.99. The van der Waals surface area contributed by atoms with Crippen molar-refractivity contribution in [3.05, 3.63) is 69.6 Å². The predicted octanol–water partition coefficient (Wildman–Crippen LogP) is 0.605. The normalized spacial score (nSPS) is 13.8. The summed E-state index contributed by atoms with van der Waals surface area (Å²) in [5.41, 5.74) is 0.684. The fourth-order valence-electron chi connectivity index (χ4n) is 3.02. The molecule has 9 heteroatoms. The third-order valence-electron chi connectivity index (χ3n) is 4.71. The minimum Gasteiger partial charge on any atom is -0.355 e. The Morgan fingerprint density at radius 3 is 2.64 bits per heavy atom. The first kappa shape index (κ1) is 17.7. The van der Waals surface area contributed by atoms with E-state index in [1.165, 1.54) is 24.0 Å². The number of hydrogen-bond acceptors (Lipinski definition) is 6. The first-order valence-electron chi connectivity index (χ1n) is 8.75. The van der Waals surface area contributed by atoms with E-state index in [0.717, 1.165) is 17.1 Å². The van der Waals surface area contributed by atoms with Gasteiger partial charge in [-0.15, -0.1) is 0 Å². The first-order valence-corrected chi connectivity index (χ1v) is 8.75. The SMILES string of the molecule is Cn1c(NC(=O)C2CN(c3cc(-c4ccccc4)ncn3)C2)cc(=O)[nH]c1=O. The minimum atomic E-state index is -0.576. The monoisotopic (exact) mass is 378 g/mol. The lowest BCUT2D eigenvalue weighted by molar-refractivity contribution is -0.120. The van der Waals surface area contributed by atoms with Crippen molar-refractivity contribution in [2.75, 3.05) is 23.3 Å². The Morgan fingerprint density at radius 2 is 1.89 bits per heavy atom. The zero-order valence-electron chi connectivity index (χ0n) is 15.1. The highest BCUT2D eigenvalue weighted by Gasteiger charge is 2.34.